The molecule has 0 aliphatic carbocycles. The molecular weight excluding hydrogens is 382 g/mol. The highest BCUT2D eigenvalue weighted by molar-refractivity contribution is 5.83. The number of carbonyl (C=O) groups excluding carboxylic acids is 1. The lowest BCUT2D eigenvalue weighted by atomic mass is 10.1. The Morgan fingerprint density at radius 3 is 2.34 bits per heavy atom. The maximum absolute atomic E-state index is 12.3. The van der Waals surface area contributed by atoms with Gasteiger partial charge in [0.05, 0.1) is 18.2 Å². The fraction of sp³-hybridized carbons (Fsp3) is 0.444. The fourth-order valence-electron chi connectivity index (χ4n) is 2.50. The van der Waals surface area contributed by atoms with Gasteiger partial charge in [0, 0.05) is 6.42 Å². The van der Waals surface area contributed by atoms with Gasteiger partial charge in [-0.25, -0.2) is 9.59 Å². The van der Waals surface area contributed by atoms with E-state index in [0.717, 1.165) is 5.56 Å². The van der Waals surface area contributed by atoms with Crippen LogP contribution in [-0.2, 0) is 11.2 Å². The lowest BCUT2D eigenvalue weighted by Gasteiger charge is -2.20. The Hall–Kier alpha value is -3.02. The molecule has 0 saturated heterocycles. The summed E-state index contributed by atoms with van der Waals surface area (Å²) < 4.78 is 5.04. The molecule has 2 amide bonds. The average Bonchev–Trinajstić information content (AvgIpc) is 3.15. The zero-order valence-corrected chi connectivity index (χ0v) is 16.0. The summed E-state index contributed by atoms with van der Waals surface area (Å²) in [5.41, 5.74) is 6.48. The van der Waals surface area contributed by atoms with Gasteiger partial charge in [0.1, 0.15) is 12.1 Å². The van der Waals surface area contributed by atoms with Crippen LogP contribution >= 0.6 is 0 Å². The van der Waals surface area contributed by atoms with Crippen LogP contribution in [0.2, 0.25) is 0 Å². The van der Waals surface area contributed by atoms with Crippen LogP contribution in [-0.4, -0.2) is 55.7 Å². The molecule has 1 heterocycles. The monoisotopic (exact) mass is 407 g/mol. The highest BCUT2D eigenvalue weighted by Crippen LogP contribution is 2.18. The van der Waals surface area contributed by atoms with Crippen molar-refractivity contribution in [1.82, 2.24) is 20.8 Å². The summed E-state index contributed by atoms with van der Waals surface area (Å²) in [6, 6.07) is 4.80. The number of nitrogens with one attached hydrogen (secondary N) is 2. The van der Waals surface area contributed by atoms with Crippen molar-refractivity contribution in [2.24, 2.45) is 5.73 Å². The van der Waals surface area contributed by atoms with Crippen molar-refractivity contribution in [1.29, 1.82) is 0 Å². The van der Waals surface area contributed by atoms with Gasteiger partial charge in [-0.3, -0.25) is 0 Å². The van der Waals surface area contributed by atoms with Crippen molar-refractivity contribution < 1.29 is 29.4 Å². The highest BCUT2D eigenvalue weighted by atomic mass is 16.5. The first-order chi connectivity index (χ1) is 13.7. The molecule has 7 N–H and O–H groups in total. The van der Waals surface area contributed by atoms with E-state index in [1.54, 1.807) is 30.3 Å². The largest absolute Gasteiger partial charge is 0.480 e. The third kappa shape index (κ3) is 6.24. The molecule has 0 radical (unpaired) electrons. The molecule has 0 saturated carbocycles. The average molecular weight is 407 g/mol. The second kappa shape index (κ2) is 9.96. The van der Waals surface area contributed by atoms with E-state index in [-0.39, 0.29) is 18.1 Å². The van der Waals surface area contributed by atoms with Crippen LogP contribution in [0.25, 0.3) is 0 Å². The van der Waals surface area contributed by atoms with Gasteiger partial charge in [-0.2, -0.15) is 4.98 Å². The van der Waals surface area contributed by atoms with E-state index in [1.165, 1.54) is 13.8 Å². The first-order valence-electron chi connectivity index (χ1n) is 8.98. The lowest BCUT2D eigenvalue weighted by molar-refractivity contribution is -0.139. The van der Waals surface area contributed by atoms with Crippen LogP contribution in [0.5, 0.6) is 0 Å². The van der Waals surface area contributed by atoms with Crippen LogP contribution in [0, 0.1) is 0 Å². The molecule has 29 heavy (non-hydrogen) atoms. The van der Waals surface area contributed by atoms with E-state index < -0.39 is 42.3 Å². The molecule has 158 valence electrons. The number of aliphatic carboxylic acids is 1. The molecule has 0 aliphatic heterocycles. The Morgan fingerprint density at radius 2 is 1.79 bits per heavy atom. The first-order valence-corrected chi connectivity index (χ1v) is 8.98. The van der Waals surface area contributed by atoms with Crippen molar-refractivity contribution in [3.8, 4) is 0 Å². The van der Waals surface area contributed by atoms with Gasteiger partial charge in [-0.05, 0) is 19.4 Å². The number of carboxylic acid groups (broad SMARTS) is 1. The molecule has 11 heteroatoms. The molecule has 2 aromatic rings. The summed E-state index contributed by atoms with van der Waals surface area (Å²) in [6.45, 7) is 2.85. The van der Waals surface area contributed by atoms with Gasteiger partial charge in [0.15, 0.2) is 5.82 Å². The maximum Gasteiger partial charge on any atom is 0.326 e. The predicted octanol–water partition coefficient (Wildman–Crippen LogP) is -0.133. The van der Waals surface area contributed by atoms with E-state index in [1.807, 2.05) is 0 Å². The second-order valence-corrected chi connectivity index (χ2v) is 6.67. The second-order valence-electron chi connectivity index (χ2n) is 6.67. The summed E-state index contributed by atoms with van der Waals surface area (Å²) in [6.07, 6.45) is -1.98. The van der Waals surface area contributed by atoms with Gasteiger partial charge in [0.2, 0.25) is 0 Å². The Labute approximate surface area is 166 Å². The van der Waals surface area contributed by atoms with E-state index in [4.69, 9.17) is 10.3 Å². The number of nitrogens with zero attached hydrogens (tertiary/aromatic N) is 2. The number of hydrogen-bond donors (Lipinski definition) is 6. The zero-order chi connectivity index (χ0) is 21.6. The topological polar surface area (TPSA) is 184 Å². The van der Waals surface area contributed by atoms with Crippen molar-refractivity contribution in [2.45, 2.75) is 50.6 Å². The predicted molar refractivity (Wildman–Crippen MR) is 101 cm³/mol. The van der Waals surface area contributed by atoms with Crippen LogP contribution < -0.4 is 16.4 Å². The van der Waals surface area contributed by atoms with E-state index in [0.29, 0.717) is 0 Å². The Kier molecular flexibility index (Phi) is 7.65. The lowest BCUT2D eigenvalue weighted by Crippen LogP contribution is -2.49. The molecule has 2 rings (SSSR count). The third-order valence-electron chi connectivity index (χ3n) is 4.20. The number of aliphatic hydroxyl groups excluding tert-OH is 2. The summed E-state index contributed by atoms with van der Waals surface area (Å²) >= 11 is 0. The van der Waals surface area contributed by atoms with Crippen molar-refractivity contribution in [2.75, 3.05) is 0 Å². The molecule has 5 atom stereocenters. The summed E-state index contributed by atoms with van der Waals surface area (Å²) in [5, 5.41) is 37.3. The number of hydrogen-bond acceptors (Lipinski definition) is 8. The molecule has 1 aromatic heterocycles. The van der Waals surface area contributed by atoms with E-state index in [2.05, 4.69) is 20.8 Å². The van der Waals surface area contributed by atoms with Gasteiger partial charge in [-0.1, -0.05) is 35.5 Å². The highest BCUT2D eigenvalue weighted by Gasteiger charge is 2.29. The Morgan fingerprint density at radius 1 is 1.14 bits per heavy atom. The number of nitrogens with two attached hydrogens (primary N) is 1. The minimum Gasteiger partial charge on any atom is -0.480 e. The fourth-order valence-corrected chi connectivity index (χ4v) is 2.50. The minimum absolute atomic E-state index is 0.00958. The van der Waals surface area contributed by atoms with Crippen LogP contribution in [0.1, 0.15) is 43.2 Å². The summed E-state index contributed by atoms with van der Waals surface area (Å²) in [7, 11) is 0. The number of benzene rings is 1. The zero-order valence-electron chi connectivity index (χ0n) is 16.0. The number of carboxylic acids is 1. The number of rotatable bonds is 9. The molecule has 1 unspecified atom stereocenters. The normalized spacial score (nSPS) is 16.3. The third-order valence-corrected chi connectivity index (χ3v) is 4.20. The molecular formula is C18H25N5O6. The van der Waals surface area contributed by atoms with Gasteiger partial charge in [-0.15, -0.1) is 0 Å². The molecule has 0 aliphatic rings. The first kappa shape index (κ1) is 22.3. The van der Waals surface area contributed by atoms with Crippen LogP contribution in [0.4, 0.5) is 4.79 Å². The van der Waals surface area contributed by atoms with Crippen LogP contribution in [0.15, 0.2) is 34.9 Å². The Bertz CT molecular complexity index is 810. The van der Waals surface area contributed by atoms with Crippen molar-refractivity contribution in [3.05, 3.63) is 47.6 Å². The number of carbonyl (C=O) groups is 2. The molecule has 11 nitrogen and oxygen atoms in total. The maximum atomic E-state index is 12.3. The van der Waals surface area contributed by atoms with Crippen molar-refractivity contribution >= 4 is 12.0 Å². The van der Waals surface area contributed by atoms with Gasteiger partial charge >= 0.3 is 12.0 Å². The Balaban J connectivity index is 2.07. The minimum atomic E-state index is -1.21. The van der Waals surface area contributed by atoms with Gasteiger partial charge in [0.25, 0.3) is 5.89 Å². The van der Waals surface area contributed by atoms with Gasteiger partial charge < -0.3 is 36.2 Å². The standard InChI is InChI=1S/C18H25N5O6/c1-9(24)13(19)15-22-16(29-23-15)14(10(2)25)21-18(28)20-12(17(26)27)8-11-6-4-3-5-7-11/h3-7,9-10,12-14,24-25H,8,19H2,1-2H3,(H,26,27)(H2,20,21,28)/t9-,10?,12-,13-,14-/m0/s1. The molecule has 0 fully saturated rings. The summed E-state index contributed by atoms with van der Waals surface area (Å²) in [5.74, 6) is -1.33. The van der Waals surface area contributed by atoms with Crippen LogP contribution in [0.3, 0.4) is 0 Å². The summed E-state index contributed by atoms with van der Waals surface area (Å²) in [4.78, 5) is 27.8. The molecule has 0 bridgehead atoms. The van der Waals surface area contributed by atoms with E-state index in [9.17, 15) is 24.9 Å². The SMILES string of the molecule is CC(O)[C@H](NC(=O)N[C@@H](Cc1ccccc1)C(=O)O)c1nc([C@@H](N)[C@H](C)O)no1. The number of urea groups is 1. The number of amides is 2. The number of aliphatic hydroxyl groups is 2. The smallest absolute Gasteiger partial charge is 0.326 e. The van der Waals surface area contributed by atoms with Crippen molar-refractivity contribution in [3.63, 3.8) is 0 Å². The molecule has 0 spiro atoms. The quantitative estimate of drug-likeness (QED) is 0.329. The molecule has 1 aromatic carbocycles. The van der Waals surface area contributed by atoms with E-state index >= 15 is 0 Å². The number of aromatic nitrogens is 2.